The third kappa shape index (κ3) is 7.25. The van der Waals surface area contributed by atoms with E-state index >= 15 is 0 Å². The number of carbonyl (C=O) groups is 2. The molecular weight excluding hydrogens is 526 g/mol. The number of rotatable bonds is 13. The molecule has 1 aromatic heterocycles. The van der Waals surface area contributed by atoms with E-state index < -0.39 is 12.6 Å². The largest absolute Gasteiger partial charge is 0.490 e. The van der Waals surface area contributed by atoms with Crippen LogP contribution >= 0.6 is 0 Å². The molecule has 1 unspecified atom stereocenters. The molecule has 10 nitrogen and oxygen atoms in total. The Morgan fingerprint density at radius 3 is 2.17 bits per heavy atom. The Hall–Kier alpha value is -4.34. The fourth-order valence-corrected chi connectivity index (χ4v) is 4.90. The summed E-state index contributed by atoms with van der Waals surface area (Å²) in [6.07, 6.45) is 5.29. The van der Waals surface area contributed by atoms with E-state index in [2.05, 4.69) is 9.97 Å². The van der Waals surface area contributed by atoms with Gasteiger partial charge in [-0.25, -0.2) is 9.78 Å². The van der Waals surface area contributed by atoms with Gasteiger partial charge in [-0.15, -0.1) is 0 Å². The van der Waals surface area contributed by atoms with Gasteiger partial charge in [0.15, 0.2) is 35.3 Å². The molecule has 4 rings (SSSR count). The van der Waals surface area contributed by atoms with Gasteiger partial charge in [-0.05, 0) is 81.5 Å². The molecule has 41 heavy (non-hydrogen) atoms. The summed E-state index contributed by atoms with van der Waals surface area (Å²) in [5.41, 5.74) is 3.06. The van der Waals surface area contributed by atoms with Crippen molar-refractivity contribution in [3.05, 3.63) is 71.3 Å². The van der Waals surface area contributed by atoms with Gasteiger partial charge in [0, 0.05) is 18.9 Å². The van der Waals surface area contributed by atoms with E-state index in [0.717, 1.165) is 16.7 Å². The van der Waals surface area contributed by atoms with Crippen LogP contribution < -0.4 is 18.9 Å². The van der Waals surface area contributed by atoms with Gasteiger partial charge in [-0.2, -0.15) is 0 Å². The molecule has 3 aromatic rings. The van der Waals surface area contributed by atoms with Gasteiger partial charge in [-0.1, -0.05) is 6.07 Å². The van der Waals surface area contributed by atoms with Gasteiger partial charge < -0.3 is 28.6 Å². The number of benzene rings is 2. The molecule has 0 saturated carbocycles. The van der Waals surface area contributed by atoms with Crippen molar-refractivity contribution in [2.75, 3.05) is 39.6 Å². The van der Waals surface area contributed by atoms with Gasteiger partial charge in [-0.3, -0.25) is 9.78 Å². The van der Waals surface area contributed by atoms with E-state index in [4.69, 9.17) is 23.7 Å². The number of esters is 1. The summed E-state index contributed by atoms with van der Waals surface area (Å²) in [5.74, 6) is 1.63. The summed E-state index contributed by atoms with van der Waals surface area (Å²) in [5, 5.41) is 0. The molecular formula is C31H37N3O7. The Kier molecular flexibility index (Phi) is 10.4. The fraction of sp³-hybridized carbons (Fsp3) is 0.419. The van der Waals surface area contributed by atoms with Crippen LogP contribution in [0.5, 0.6) is 23.0 Å². The molecule has 0 fully saturated rings. The lowest BCUT2D eigenvalue weighted by Crippen LogP contribution is -2.43. The van der Waals surface area contributed by atoms with Crippen molar-refractivity contribution in [1.29, 1.82) is 0 Å². The zero-order chi connectivity index (χ0) is 29.2. The van der Waals surface area contributed by atoms with Gasteiger partial charge in [0.2, 0.25) is 0 Å². The molecule has 0 radical (unpaired) electrons. The third-order valence-electron chi connectivity index (χ3n) is 6.62. The van der Waals surface area contributed by atoms with Crippen LogP contribution in [-0.4, -0.2) is 66.3 Å². The predicted octanol–water partition coefficient (Wildman–Crippen LogP) is 4.60. The molecule has 1 aliphatic heterocycles. The molecule has 0 N–H and O–H groups in total. The van der Waals surface area contributed by atoms with Crippen molar-refractivity contribution < 1.29 is 33.3 Å². The van der Waals surface area contributed by atoms with Gasteiger partial charge in [0.25, 0.3) is 5.91 Å². The topological polar surface area (TPSA) is 109 Å². The van der Waals surface area contributed by atoms with E-state index in [9.17, 15) is 9.59 Å². The molecule has 0 saturated heterocycles. The highest BCUT2D eigenvalue weighted by Crippen LogP contribution is 2.41. The number of aromatic nitrogens is 2. The van der Waals surface area contributed by atoms with E-state index in [1.54, 1.807) is 4.90 Å². The number of ether oxygens (including phenoxy) is 5. The van der Waals surface area contributed by atoms with E-state index in [1.165, 1.54) is 18.6 Å². The van der Waals surface area contributed by atoms with Crippen LogP contribution in [0.4, 0.5) is 0 Å². The summed E-state index contributed by atoms with van der Waals surface area (Å²) in [7, 11) is 0. The second-order valence-corrected chi connectivity index (χ2v) is 9.23. The van der Waals surface area contributed by atoms with Crippen molar-refractivity contribution in [2.24, 2.45) is 0 Å². The maximum absolute atomic E-state index is 13.5. The SMILES string of the molecule is CCOc1ccc(CC2c3cc(OCC)c(OCC)cc3CCN2C(=O)COC(=O)c2cnccn2)cc1OCC. The average molecular weight is 564 g/mol. The second kappa shape index (κ2) is 14.3. The maximum atomic E-state index is 13.5. The van der Waals surface area contributed by atoms with Crippen molar-refractivity contribution in [2.45, 2.75) is 46.6 Å². The summed E-state index contributed by atoms with van der Waals surface area (Å²) in [6, 6.07) is 9.47. The first-order chi connectivity index (χ1) is 20.0. The van der Waals surface area contributed by atoms with Gasteiger partial charge in [0.1, 0.15) is 0 Å². The Labute approximate surface area is 240 Å². The molecule has 1 atom stereocenters. The number of fused-ring (bicyclic) bond motifs is 1. The van der Waals surface area contributed by atoms with Crippen LogP contribution in [-0.2, 0) is 22.4 Å². The second-order valence-electron chi connectivity index (χ2n) is 9.23. The van der Waals surface area contributed by atoms with Gasteiger partial charge >= 0.3 is 5.97 Å². The summed E-state index contributed by atoms with van der Waals surface area (Å²) in [4.78, 5) is 35.6. The predicted molar refractivity (Wildman–Crippen MR) is 152 cm³/mol. The van der Waals surface area contributed by atoms with Crippen LogP contribution in [0.3, 0.4) is 0 Å². The molecule has 218 valence electrons. The standard InChI is InChI=1S/C31H37N3O7/c1-5-37-26-10-9-21(16-27(26)38-6-2)15-25-23-18-29(40-8-4)28(39-7-3)17-22(23)11-14-34(25)30(35)20-41-31(36)24-19-32-12-13-33-24/h9-10,12-13,16-19,25H,5-8,11,14-15,20H2,1-4H3. The van der Waals surface area contributed by atoms with E-state index in [-0.39, 0.29) is 17.6 Å². The zero-order valence-corrected chi connectivity index (χ0v) is 24.1. The Morgan fingerprint density at radius 1 is 0.854 bits per heavy atom. The molecule has 10 heteroatoms. The smallest absolute Gasteiger partial charge is 0.359 e. The first-order valence-corrected chi connectivity index (χ1v) is 14.0. The number of carbonyl (C=O) groups excluding carboxylic acids is 2. The Morgan fingerprint density at radius 2 is 1.51 bits per heavy atom. The quantitative estimate of drug-likeness (QED) is 0.276. The van der Waals surface area contributed by atoms with Crippen molar-refractivity contribution in [3.63, 3.8) is 0 Å². The molecule has 2 heterocycles. The lowest BCUT2D eigenvalue weighted by molar-refractivity contribution is -0.137. The highest BCUT2D eigenvalue weighted by molar-refractivity contribution is 5.89. The van der Waals surface area contributed by atoms with Crippen molar-refractivity contribution >= 4 is 11.9 Å². The molecule has 0 aliphatic carbocycles. The summed E-state index contributed by atoms with van der Waals surface area (Å²) in [6.45, 7) is 9.74. The first-order valence-electron chi connectivity index (χ1n) is 14.0. The van der Waals surface area contributed by atoms with E-state index in [0.29, 0.717) is 68.8 Å². The highest BCUT2D eigenvalue weighted by Gasteiger charge is 2.33. The van der Waals surface area contributed by atoms with E-state index in [1.807, 2.05) is 58.0 Å². The minimum Gasteiger partial charge on any atom is -0.490 e. The lowest BCUT2D eigenvalue weighted by Gasteiger charge is -2.38. The van der Waals surface area contributed by atoms with Crippen molar-refractivity contribution in [3.8, 4) is 23.0 Å². The average Bonchev–Trinajstić information content (AvgIpc) is 2.98. The van der Waals surface area contributed by atoms with Crippen LogP contribution in [0.2, 0.25) is 0 Å². The zero-order valence-electron chi connectivity index (χ0n) is 24.1. The molecule has 1 amide bonds. The monoisotopic (exact) mass is 563 g/mol. The Balaban J connectivity index is 1.67. The minimum absolute atomic E-state index is 0.0449. The Bertz CT molecular complexity index is 1330. The molecule has 0 bridgehead atoms. The molecule has 1 aliphatic rings. The first kappa shape index (κ1) is 29.6. The maximum Gasteiger partial charge on any atom is 0.359 e. The normalized spacial score (nSPS) is 14.1. The fourth-order valence-electron chi connectivity index (χ4n) is 4.90. The number of amides is 1. The van der Waals surface area contributed by atoms with Crippen LogP contribution in [0.25, 0.3) is 0 Å². The number of nitrogens with zero attached hydrogens (tertiary/aromatic N) is 3. The molecule has 0 spiro atoms. The van der Waals surface area contributed by atoms with Gasteiger partial charge in [0.05, 0.1) is 38.7 Å². The lowest BCUT2D eigenvalue weighted by atomic mass is 9.88. The van der Waals surface area contributed by atoms with Crippen LogP contribution in [0.15, 0.2) is 48.9 Å². The number of hydrogen-bond acceptors (Lipinski definition) is 9. The third-order valence-corrected chi connectivity index (χ3v) is 6.62. The van der Waals surface area contributed by atoms with Crippen LogP contribution in [0.1, 0.15) is 60.9 Å². The molecule has 2 aromatic carbocycles. The van der Waals surface area contributed by atoms with Crippen LogP contribution in [0, 0.1) is 0 Å². The highest BCUT2D eigenvalue weighted by atomic mass is 16.5. The minimum atomic E-state index is -0.701. The number of hydrogen-bond donors (Lipinski definition) is 0. The summed E-state index contributed by atoms with van der Waals surface area (Å²) >= 11 is 0. The van der Waals surface area contributed by atoms with Crippen molar-refractivity contribution in [1.82, 2.24) is 14.9 Å². The summed E-state index contributed by atoms with van der Waals surface area (Å²) < 4.78 is 28.7.